The van der Waals surface area contributed by atoms with Gasteiger partial charge >= 0.3 is 0 Å². The predicted octanol–water partition coefficient (Wildman–Crippen LogP) is 4.17. The van der Waals surface area contributed by atoms with E-state index in [9.17, 15) is 4.39 Å². The van der Waals surface area contributed by atoms with E-state index in [1.807, 2.05) is 22.9 Å². The minimum absolute atomic E-state index is 0.0846. The molecule has 0 unspecified atom stereocenters. The first-order valence-corrected chi connectivity index (χ1v) is 8.55. The SMILES string of the molecule is Fc1cccc(Cl)c1-c1nccn1[C@@H]1COC[C@H]1Cc1ccncc1. The Morgan fingerprint density at radius 2 is 2.00 bits per heavy atom. The number of hydrogen-bond acceptors (Lipinski definition) is 3. The first-order chi connectivity index (χ1) is 12.2. The predicted molar refractivity (Wildman–Crippen MR) is 93.9 cm³/mol. The summed E-state index contributed by atoms with van der Waals surface area (Å²) in [7, 11) is 0. The summed E-state index contributed by atoms with van der Waals surface area (Å²) < 4.78 is 22.1. The van der Waals surface area contributed by atoms with Crippen molar-refractivity contribution in [1.29, 1.82) is 0 Å². The molecule has 0 amide bonds. The number of pyridine rings is 1. The van der Waals surface area contributed by atoms with Crippen LogP contribution in [0, 0.1) is 11.7 Å². The van der Waals surface area contributed by atoms with E-state index in [0.29, 0.717) is 29.6 Å². The van der Waals surface area contributed by atoms with Gasteiger partial charge in [0, 0.05) is 30.7 Å². The minimum Gasteiger partial charge on any atom is -0.379 e. The number of ether oxygens (including phenoxy) is 1. The topological polar surface area (TPSA) is 39.9 Å². The Bertz CT molecular complexity index is 848. The third-order valence-electron chi connectivity index (χ3n) is 4.62. The van der Waals surface area contributed by atoms with Crippen LogP contribution >= 0.6 is 11.6 Å². The van der Waals surface area contributed by atoms with Crippen LogP contribution in [0.25, 0.3) is 11.4 Å². The molecule has 0 saturated carbocycles. The van der Waals surface area contributed by atoms with Crippen molar-refractivity contribution in [1.82, 2.24) is 14.5 Å². The lowest BCUT2D eigenvalue weighted by molar-refractivity contribution is 0.181. The van der Waals surface area contributed by atoms with Gasteiger partial charge in [-0.2, -0.15) is 0 Å². The van der Waals surface area contributed by atoms with Gasteiger partial charge in [0.25, 0.3) is 0 Å². The average molecular weight is 358 g/mol. The number of halogens is 2. The average Bonchev–Trinajstić information content (AvgIpc) is 3.25. The Labute approximate surface area is 150 Å². The van der Waals surface area contributed by atoms with E-state index in [-0.39, 0.29) is 17.8 Å². The molecule has 2 atom stereocenters. The zero-order chi connectivity index (χ0) is 17.2. The van der Waals surface area contributed by atoms with Gasteiger partial charge < -0.3 is 9.30 Å². The second-order valence-electron chi connectivity index (χ2n) is 6.18. The largest absolute Gasteiger partial charge is 0.379 e. The second-order valence-corrected chi connectivity index (χ2v) is 6.59. The molecule has 3 heterocycles. The van der Waals surface area contributed by atoms with Crippen molar-refractivity contribution in [3.05, 3.63) is 71.5 Å². The fraction of sp³-hybridized carbons (Fsp3) is 0.263. The number of rotatable bonds is 4. The Kier molecular flexibility index (Phi) is 4.51. The van der Waals surface area contributed by atoms with Gasteiger partial charge in [0.2, 0.25) is 0 Å². The van der Waals surface area contributed by atoms with Crippen molar-refractivity contribution in [2.75, 3.05) is 13.2 Å². The molecule has 1 aliphatic rings. The van der Waals surface area contributed by atoms with Gasteiger partial charge in [0.05, 0.1) is 29.8 Å². The molecule has 0 spiro atoms. The number of benzene rings is 1. The highest BCUT2D eigenvalue weighted by Gasteiger charge is 2.32. The van der Waals surface area contributed by atoms with Gasteiger partial charge in [-0.15, -0.1) is 0 Å². The maximum atomic E-state index is 14.3. The fourth-order valence-corrected chi connectivity index (χ4v) is 3.64. The maximum Gasteiger partial charge on any atom is 0.144 e. The van der Waals surface area contributed by atoms with E-state index in [2.05, 4.69) is 9.97 Å². The van der Waals surface area contributed by atoms with Crippen molar-refractivity contribution in [2.45, 2.75) is 12.5 Å². The normalized spacial score (nSPS) is 20.1. The van der Waals surface area contributed by atoms with Crippen molar-refractivity contribution in [3.63, 3.8) is 0 Å². The molecule has 6 heteroatoms. The molecule has 3 aromatic rings. The lowest BCUT2D eigenvalue weighted by Crippen LogP contribution is -2.20. The van der Waals surface area contributed by atoms with E-state index in [1.165, 1.54) is 11.6 Å². The summed E-state index contributed by atoms with van der Waals surface area (Å²) in [5, 5.41) is 0.358. The Morgan fingerprint density at radius 3 is 2.80 bits per heavy atom. The van der Waals surface area contributed by atoms with Crippen LogP contribution in [0.3, 0.4) is 0 Å². The Hall–Kier alpha value is -2.24. The standard InChI is InChI=1S/C19H17ClFN3O/c20-15-2-1-3-16(21)18(15)19-23-8-9-24(19)17-12-25-11-14(17)10-13-4-6-22-7-5-13/h1-9,14,17H,10-12H2/t14-,17-/m1/s1. The van der Waals surface area contributed by atoms with Crippen LogP contribution < -0.4 is 0 Å². The summed E-state index contributed by atoms with van der Waals surface area (Å²) in [6.07, 6.45) is 8.01. The lowest BCUT2D eigenvalue weighted by Gasteiger charge is -2.21. The van der Waals surface area contributed by atoms with Crippen molar-refractivity contribution in [3.8, 4) is 11.4 Å². The summed E-state index contributed by atoms with van der Waals surface area (Å²) in [6.45, 7) is 1.24. The van der Waals surface area contributed by atoms with Crippen molar-refractivity contribution >= 4 is 11.6 Å². The molecule has 0 N–H and O–H groups in total. The Morgan fingerprint density at radius 1 is 1.16 bits per heavy atom. The third-order valence-corrected chi connectivity index (χ3v) is 4.94. The molecule has 0 bridgehead atoms. The molecule has 1 aliphatic heterocycles. The number of hydrogen-bond donors (Lipinski definition) is 0. The molecule has 4 rings (SSSR count). The molecule has 0 radical (unpaired) electrons. The van der Waals surface area contributed by atoms with Crippen LogP contribution in [0.15, 0.2) is 55.1 Å². The van der Waals surface area contributed by atoms with Gasteiger partial charge in [0.1, 0.15) is 11.6 Å². The summed E-state index contributed by atoms with van der Waals surface area (Å²) in [5.41, 5.74) is 1.55. The molecular weight excluding hydrogens is 341 g/mol. The molecule has 4 nitrogen and oxygen atoms in total. The van der Waals surface area contributed by atoms with E-state index < -0.39 is 0 Å². The zero-order valence-electron chi connectivity index (χ0n) is 13.5. The van der Waals surface area contributed by atoms with Gasteiger partial charge in [-0.1, -0.05) is 17.7 Å². The minimum atomic E-state index is -0.371. The van der Waals surface area contributed by atoms with Crippen LogP contribution in [0.1, 0.15) is 11.6 Å². The second kappa shape index (κ2) is 6.94. The number of aromatic nitrogens is 3. The fourth-order valence-electron chi connectivity index (χ4n) is 3.40. The van der Waals surface area contributed by atoms with Crippen LogP contribution in [0.5, 0.6) is 0 Å². The molecule has 1 aromatic carbocycles. The third kappa shape index (κ3) is 3.17. The van der Waals surface area contributed by atoms with E-state index in [0.717, 1.165) is 6.42 Å². The smallest absolute Gasteiger partial charge is 0.144 e. The highest BCUT2D eigenvalue weighted by molar-refractivity contribution is 6.33. The van der Waals surface area contributed by atoms with E-state index >= 15 is 0 Å². The van der Waals surface area contributed by atoms with E-state index in [1.54, 1.807) is 30.7 Å². The summed E-state index contributed by atoms with van der Waals surface area (Å²) in [6, 6.07) is 8.79. The molecule has 1 fully saturated rings. The molecule has 1 saturated heterocycles. The van der Waals surface area contributed by atoms with Gasteiger partial charge in [-0.3, -0.25) is 4.98 Å². The first kappa shape index (κ1) is 16.2. The monoisotopic (exact) mass is 357 g/mol. The summed E-state index contributed by atoms with van der Waals surface area (Å²) in [5.74, 6) is 0.448. The highest BCUT2D eigenvalue weighted by atomic mass is 35.5. The Balaban J connectivity index is 1.67. The molecule has 2 aromatic heterocycles. The van der Waals surface area contributed by atoms with Crippen molar-refractivity contribution in [2.24, 2.45) is 5.92 Å². The highest BCUT2D eigenvalue weighted by Crippen LogP contribution is 2.35. The maximum absolute atomic E-state index is 14.3. The number of imidazole rings is 1. The molecule has 0 aliphatic carbocycles. The number of nitrogens with zero attached hydrogens (tertiary/aromatic N) is 3. The summed E-state index contributed by atoms with van der Waals surface area (Å²) in [4.78, 5) is 8.43. The van der Waals surface area contributed by atoms with Crippen molar-refractivity contribution < 1.29 is 9.13 Å². The van der Waals surface area contributed by atoms with Crippen LogP contribution in [0.2, 0.25) is 5.02 Å². The van der Waals surface area contributed by atoms with Gasteiger partial charge in [0.15, 0.2) is 0 Å². The zero-order valence-corrected chi connectivity index (χ0v) is 14.2. The first-order valence-electron chi connectivity index (χ1n) is 8.18. The lowest BCUT2D eigenvalue weighted by atomic mass is 9.95. The molecular formula is C19H17ClFN3O. The van der Waals surface area contributed by atoms with Crippen LogP contribution in [-0.2, 0) is 11.2 Å². The molecule has 128 valence electrons. The van der Waals surface area contributed by atoms with Gasteiger partial charge in [-0.25, -0.2) is 9.37 Å². The summed E-state index contributed by atoms with van der Waals surface area (Å²) >= 11 is 6.23. The van der Waals surface area contributed by atoms with Crippen LogP contribution in [-0.4, -0.2) is 27.7 Å². The van der Waals surface area contributed by atoms with Crippen LogP contribution in [0.4, 0.5) is 4.39 Å². The van der Waals surface area contributed by atoms with E-state index in [4.69, 9.17) is 16.3 Å². The van der Waals surface area contributed by atoms with Gasteiger partial charge in [-0.05, 0) is 36.2 Å². The molecule has 25 heavy (non-hydrogen) atoms. The quantitative estimate of drug-likeness (QED) is 0.703.